The van der Waals surface area contributed by atoms with Crippen molar-refractivity contribution < 1.29 is 48.5 Å². The number of hydrogen-bond acceptors (Lipinski definition) is 10. The summed E-state index contributed by atoms with van der Waals surface area (Å²) in [7, 11) is 6.08. The normalized spacial score (nSPS) is 19.0. The average molecular weight is 818 g/mol. The van der Waals surface area contributed by atoms with Crippen LogP contribution < -0.4 is 11.1 Å². The Bertz CT molecular complexity index is 1510. The van der Waals surface area contributed by atoms with Crippen LogP contribution in [0.4, 0.5) is 0 Å². The Hall–Kier alpha value is -3.92. The van der Waals surface area contributed by atoms with Crippen LogP contribution in [0.5, 0.6) is 0 Å². The topological polar surface area (TPSA) is 209 Å². The van der Waals surface area contributed by atoms with Crippen LogP contribution >= 0.6 is 0 Å². The summed E-state index contributed by atoms with van der Waals surface area (Å²) in [5.74, 6) is -5.45. The number of carbonyl (C=O) groups excluding carboxylic acids is 5. The van der Waals surface area contributed by atoms with Crippen LogP contribution in [-0.2, 0) is 44.7 Å². The molecule has 0 radical (unpaired) electrons. The number of carbonyl (C=O) groups is 6. The second-order valence-corrected chi connectivity index (χ2v) is 16.6. The van der Waals surface area contributed by atoms with Gasteiger partial charge in [-0.1, -0.05) is 85.2 Å². The van der Waals surface area contributed by atoms with Crippen molar-refractivity contribution in [1.29, 1.82) is 0 Å². The molecule has 5 N–H and O–H groups in total. The SMILES string of the molecule is CC[C@H](C)[C@@H]([C@@H](CC(=O)N1CCC[C@H]1[C@H](OC)[C@@H](C)C(=O)C[C@@H](Cc1ccccc1)C(=O)O)OC)N(C)C(=O)[C@@H](NC(=O)[C@H](C(C)C)N(C)C(=O)[C@H](N)CO)C(C)C. The number of Topliss-reactive ketones (excluding diaryl/α,β-unsaturated/α-hetero) is 1. The number of benzene rings is 1. The van der Waals surface area contributed by atoms with Crippen LogP contribution in [0.15, 0.2) is 30.3 Å². The summed E-state index contributed by atoms with van der Waals surface area (Å²) in [4.78, 5) is 85.5. The molecule has 1 aromatic carbocycles. The first-order valence-electron chi connectivity index (χ1n) is 20.6. The first-order valence-corrected chi connectivity index (χ1v) is 20.6. The molecule has 0 saturated carbocycles. The van der Waals surface area contributed by atoms with Crippen molar-refractivity contribution in [1.82, 2.24) is 20.0 Å². The van der Waals surface area contributed by atoms with Gasteiger partial charge in [0, 0.05) is 47.2 Å². The van der Waals surface area contributed by atoms with Gasteiger partial charge in [0.05, 0.1) is 43.2 Å². The number of aliphatic hydroxyl groups is 1. The van der Waals surface area contributed by atoms with Crippen molar-refractivity contribution in [2.24, 2.45) is 35.3 Å². The molecule has 0 bridgehead atoms. The van der Waals surface area contributed by atoms with Gasteiger partial charge in [-0.2, -0.15) is 0 Å². The maximum atomic E-state index is 14.4. The molecule has 328 valence electrons. The number of methoxy groups -OCH3 is 2. The molecule has 0 spiro atoms. The Kier molecular flexibility index (Phi) is 20.4. The van der Waals surface area contributed by atoms with Gasteiger partial charge in [-0.3, -0.25) is 28.8 Å². The van der Waals surface area contributed by atoms with E-state index in [4.69, 9.17) is 15.2 Å². The van der Waals surface area contributed by atoms with Crippen molar-refractivity contribution in [2.45, 2.75) is 129 Å². The minimum atomic E-state index is -1.19. The maximum Gasteiger partial charge on any atom is 0.307 e. The van der Waals surface area contributed by atoms with Gasteiger partial charge in [-0.25, -0.2) is 0 Å². The number of carboxylic acids is 1. The quantitative estimate of drug-likeness (QED) is 0.119. The molecule has 1 aromatic rings. The molecule has 1 heterocycles. The summed E-state index contributed by atoms with van der Waals surface area (Å²) in [5, 5.41) is 22.3. The van der Waals surface area contributed by atoms with Gasteiger partial charge < -0.3 is 45.4 Å². The number of hydrogen-bond donors (Lipinski definition) is 4. The highest BCUT2D eigenvalue weighted by atomic mass is 16.5. The van der Waals surface area contributed by atoms with Gasteiger partial charge in [-0.05, 0) is 42.6 Å². The van der Waals surface area contributed by atoms with Gasteiger partial charge in [0.15, 0.2) is 0 Å². The highest BCUT2D eigenvalue weighted by molar-refractivity contribution is 5.93. The second kappa shape index (κ2) is 23.6. The van der Waals surface area contributed by atoms with E-state index in [1.165, 1.54) is 26.2 Å². The molecule has 4 amide bonds. The first-order chi connectivity index (χ1) is 27.3. The lowest BCUT2D eigenvalue weighted by Crippen LogP contribution is -2.61. The third-order valence-corrected chi connectivity index (χ3v) is 11.9. The van der Waals surface area contributed by atoms with Crippen molar-refractivity contribution in [3.8, 4) is 0 Å². The highest BCUT2D eigenvalue weighted by Gasteiger charge is 2.44. The minimum Gasteiger partial charge on any atom is -0.481 e. The number of aliphatic hydroxyl groups excluding tert-OH is 1. The lowest BCUT2D eigenvalue weighted by atomic mass is 9.85. The maximum absolute atomic E-state index is 14.4. The van der Waals surface area contributed by atoms with E-state index in [-0.39, 0.29) is 54.6 Å². The number of carboxylic acid groups (broad SMARTS) is 1. The van der Waals surface area contributed by atoms with Crippen LogP contribution in [-0.4, -0.2) is 144 Å². The largest absolute Gasteiger partial charge is 0.481 e. The molecular formula is C43H71N5O10. The molecule has 1 aliphatic rings. The van der Waals surface area contributed by atoms with E-state index in [9.17, 15) is 39.0 Å². The molecule has 0 unspecified atom stereocenters. The van der Waals surface area contributed by atoms with Gasteiger partial charge in [0.25, 0.3) is 0 Å². The van der Waals surface area contributed by atoms with Crippen molar-refractivity contribution in [2.75, 3.05) is 41.5 Å². The van der Waals surface area contributed by atoms with E-state index in [2.05, 4.69) is 5.32 Å². The minimum absolute atomic E-state index is 0.0668. The van der Waals surface area contributed by atoms with E-state index in [0.717, 1.165) is 5.56 Å². The average Bonchev–Trinajstić information content (AvgIpc) is 3.68. The van der Waals surface area contributed by atoms with Gasteiger partial charge in [0.2, 0.25) is 23.6 Å². The van der Waals surface area contributed by atoms with E-state index in [1.54, 1.807) is 37.6 Å². The van der Waals surface area contributed by atoms with Gasteiger partial charge in [0.1, 0.15) is 23.9 Å². The third kappa shape index (κ3) is 13.0. The van der Waals surface area contributed by atoms with Crippen LogP contribution in [0.2, 0.25) is 0 Å². The number of rotatable bonds is 24. The number of likely N-dealkylation sites (tertiary alicyclic amines) is 1. The Balaban J connectivity index is 2.30. The number of likely N-dealkylation sites (N-methyl/N-ethyl adjacent to an activating group) is 2. The molecule has 0 aliphatic carbocycles. The zero-order chi connectivity index (χ0) is 44.0. The standard InChI is InChI=1S/C43H71N5O10/c1-12-27(6)38(47(9)42(54)36(25(2)3)45-40(52)37(26(4)5)46(8)41(53)31(44)24-49)34(57-10)23-35(51)48-20-16-19-32(48)39(58-11)28(7)33(50)22-30(43(55)56)21-29-17-14-13-15-18-29/h13-15,17-18,25-28,30-32,34,36-39,49H,12,16,19-24,44H2,1-11H3,(H,45,52)(H,55,56)/t27-,28-,30+,31+,32-,34+,36-,37-,38-,39+/m0/s1. The fourth-order valence-electron chi connectivity index (χ4n) is 8.29. The molecule has 15 heteroatoms. The number of nitrogens with one attached hydrogen (secondary N) is 1. The highest BCUT2D eigenvalue weighted by Crippen LogP contribution is 2.31. The predicted octanol–water partition coefficient (Wildman–Crippen LogP) is 2.75. The van der Waals surface area contributed by atoms with Crippen LogP contribution in [0.3, 0.4) is 0 Å². The van der Waals surface area contributed by atoms with E-state index in [1.807, 2.05) is 58.0 Å². The summed E-state index contributed by atoms with van der Waals surface area (Å²) >= 11 is 0. The lowest BCUT2D eigenvalue weighted by molar-refractivity contribution is -0.149. The molecule has 0 aromatic heterocycles. The fourth-order valence-corrected chi connectivity index (χ4v) is 8.29. The fraction of sp³-hybridized carbons (Fsp3) is 0.721. The molecule has 58 heavy (non-hydrogen) atoms. The monoisotopic (exact) mass is 818 g/mol. The summed E-state index contributed by atoms with van der Waals surface area (Å²) in [5.41, 5.74) is 6.60. The Labute approximate surface area is 345 Å². The van der Waals surface area contributed by atoms with Crippen LogP contribution in [0.1, 0.15) is 86.1 Å². The molecule has 1 fully saturated rings. The summed E-state index contributed by atoms with van der Waals surface area (Å²) in [6, 6.07) is 5.04. The number of amides is 4. The molecular weight excluding hydrogens is 746 g/mol. The number of aliphatic carboxylic acids is 1. The van der Waals surface area contributed by atoms with Crippen molar-refractivity contribution in [3.05, 3.63) is 35.9 Å². The summed E-state index contributed by atoms with van der Waals surface area (Å²) in [6.07, 6.45) is 0.519. The zero-order valence-corrected chi connectivity index (χ0v) is 36.6. The van der Waals surface area contributed by atoms with Crippen molar-refractivity contribution in [3.63, 3.8) is 0 Å². The molecule has 2 rings (SSSR count). The first kappa shape index (κ1) is 50.2. The number of ketones is 1. The number of ether oxygens (including phenoxy) is 2. The predicted molar refractivity (Wildman–Crippen MR) is 220 cm³/mol. The molecule has 1 aliphatic heterocycles. The third-order valence-electron chi connectivity index (χ3n) is 11.9. The number of nitrogens with zero attached hydrogens (tertiary/aromatic N) is 3. The Morgan fingerprint density at radius 1 is 0.914 bits per heavy atom. The van der Waals surface area contributed by atoms with Crippen LogP contribution in [0, 0.1) is 29.6 Å². The van der Waals surface area contributed by atoms with Crippen LogP contribution in [0.25, 0.3) is 0 Å². The Morgan fingerprint density at radius 2 is 1.53 bits per heavy atom. The summed E-state index contributed by atoms with van der Waals surface area (Å²) in [6.45, 7) is 12.7. The van der Waals surface area contributed by atoms with Gasteiger partial charge in [-0.15, -0.1) is 0 Å². The second-order valence-electron chi connectivity index (χ2n) is 16.6. The van der Waals surface area contributed by atoms with E-state index < -0.39 is 78.6 Å². The van der Waals surface area contributed by atoms with E-state index in [0.29, 0.717) is 25.8 Å². The van der Waals surface area contributed by atoms with Gasteiger partial charge >= 0.3 is 5.97 Å². The Morgan fingerprint density at radius 3 is 2.03 bits per heavy atom. The molecule has 15 nitrogen and oxygen atoms in total. The smallest absolute Gasteiger partial charge is 0.307 e. The number of nitrogens with two attached hydrogens (primary N) is 1. The lowest BCUT2D eigenvalue weighted by Gasteiger charge is -2.41. The van der Waals surface area contributed by atoms with Crippen molar-refractivity contribution >= 4 is 35.4 Å². The van der Waals surface area contributed by atoms with E-state index >= 15 is 0 Å². The molecule has 1 saturated heterocycles. The molecule has 10 atom stereocenters. The zero-order valence-electron chi connectivity index (χ0n) is 36.6. The summed E-state index contributed by atoms with van der Waals surface area (Å²) < 4.78 is 11.9.